The monoisotopic (exact) mass is 363 g/mol. The zero-order valence-electron chi connectivity index (χ0n) is 15.4. The summed E-state index contributed by atoms with van der Waals surface area (Å²) < 4.78 is 0. The van der Waals surface area contributed by atoms with Gasteiger partial charge in [0.05, 0.1) is 11.3 Å². The van der Waals surface area contributed by atoms with E-state index >= 15 is 0 Å². The Kier molecular flexibility index (Phi) is 6.71. The molecule has 1 aromatic carbocycles. The molecule has 0 aliphatic heterocycles. The van der Waals surface area contributed by atoms with Crippen LogP contribution in [0.4, 0.5) is 5.82 Å². The average molecular weight is 363 g/mol. The summed E-state index contributed by atoms with van der Waals surface area (Å²) in [5.41, 5.74) is 2.68. The number of pyridine rings is 1. The van der Waals surface area contributed by atoms with Crippen LogP contribution in [-0.2, 0) is 0 Å². The first-order valence-electron chi connectivity index (χ1n) is 8.54. The second-order valence-corrected chi connectivity index (χ2v) is 5.34. The van der Waals surface area contributed by atoms with Gasteiger partial charge in [0.25, 0.3) is 0 Å². The van der Waals surface area contributed by atoms with E-state index in [1.165, 1.54) is 6.20 Å². The Morgan fingerprint density at radius 2 is 1.89 bits per heavy atom. The van der Waals surface area contributed by atoms with Crippen molar-refractivity contribution in [3.8, 4) is 11.3 Å². The van der Waals surface area contributed by atoms with Gasteiger partial charge in [0, 0.05) is 5.69 Å². The largest absolute Gasteiger partial charge is 0.372 e. The SMILES string of the molecule is CC.Cc1[nH]c(/C=C\C(=N)c2ccccc2)nc1-c1cccnc1[N+](=O)[O-]. The van der Waals surface area contributed by atoms with Gasteiger partial charge in [-0.2, -0.15) is 0 Å². The fourth-order valence-corrected chi connectivity index (χ4v) is 2.43. The van der Waals surface area contributed by atoms with E-state index in [9.17, 15) is 10.1 Å². The Morgan fingerprint density at radius 3 is 2.56 bits per heavy atom. The Bertz CT molecular complexity index is 962. The normalized spacial score (nSPS) is 10.3. The maximum Gasteiger partial charge on any atom is 0.372 e. The molecular formula is C20H21N5O2. The summed E-state index contributed by atoms with van der Waals surface area (Å²) in [5, 5.41) is 19.2. The summed E-state index contributed by atoms with van der Waals surface area (Å²) in [4.78, 5) is 21.9. The third-order valence-corrected chi connectivity index (χ3v) is 3.61. The first-order chi connectivity index (χ1) is 13.1. The maximum atomic E-state index is 11.1. The van der Waals surface area contributed by atoms with Crippen LogP contribution < -0.4 is 0 Å². The molecule has 7 heteroatoms. The highest BCUT2D eigenvalue weighted by atomic mass is 16.6. The van der Waals surface area contributed by atoms with Gasteiger partial charge >= 0.3 is 5.82 Å². The van der Waals surface area contributed by atoms with E-state index in [2.05, 4.69) is 15.0 Å². The molecule has 0 atom stereocenters. The van der Waals surface area contributed by atoms with E-state index < -0.39 is 4.92 Å². The molecule has 0 amide bonds. The molecule has 3 rings (SSSR count). The summed E-state index contributed by atoms with van der Waals surface area (Å²) in [6, 6.07) is 12.6. The number of benzene rings is 1. The molecule has 0 saturated heterocycles. The molecule has 2 heterocycles. The Labute approximate surface area is 157 Å². The van der Waals surface area contributed by atoms with Gasteiger partial charge in [-0.1, -0.05) is 44.2 Å². The van der Waals surface area contributed by atoms with E-state index in [4.69, 9.17) is 5.41 Å². The first kappa shape index (κ1) is 19.7. The topological polar surface area (TPSA) is 109 Å². The lowest BCUT2D eigenvalue weighted by molar-refractivity contribution is -0.388. The lowest BCUT2D eigenvalue weighted by Crippen LogP contribution is -1.95. The van der Waals surface area contributed by atoms with E-state index in [-0.39, 0.29) is 5.82 Å². The lowest BCUT2D eigenvalue weighted by atomic mass is 10.1. The highest BCUT2D eigenvalue weighted by Gasteiger charge is 2.20. The molecule has 27 heavy (non-hydrogen) atoms. The van der Waals surface area contributed by atoms with E-state index in [1.807, 2.05) is 44.2 Å². The third kappa shape index (κ3) is 4.72. The van der Waals surface area contributed by atoms with Crippen molar-refractivity contribution < 1.29 is 4.92 Å². The fourth-order valence-electron chi connectivity index (χ4n) is 2.43. The predicted molar refractivity (Wildman–Crippen MR) is 107 cm³/mol. The van der Waals surface area contributed by atoms with E-state index in [1.54, 1.807) is 31.2 Å². The molecule has 0 saturated carbocycles. The van der Waals surface area contributed by atoms with Gasteiger partial charge in [-0.25, -0.2) is 4.98 Å². The highest BCUT2D eigenvalue weighted by molar-refractivity contribution is 6.08. The molecule has 0 radical (unpaired) electrons. The number of aromatic nitrogens is 3. The van der Waals surface area contributed by atoms with Crippen molar-refractivity contribution in [3.63, 3.8) is 0 Å². The molecule has 2 N–H and O–H groups in total. The molecular weight excluding hydrogens is 342 g/mol. The van der Waals surface area contributed by atoms with Crippen molar-refractivity contribution in [3.05, 3.63) is 81.9 Å². The number of aryl methyl sites for hydroxylation is 1. The van der Waals surface area contributed by atoms with Gasteiger partial charge < -0.3 is 20.5 Å². The number of hydrogen-bond acceptors (Lipinski definition) is 5. The lowest BCUT2D eigenvalue weighted by Gasteiger charge is -1.99. The Hall–Kier alpha value is -3.61. The quantitative estimate of drug-likeness (QED) is 0.385. The van der Waals surface area contributed by atoms with Crippen LogP contribution in [0.15, 0.2) is 54.7 Å². The summed E-state index contributed by atoms with van der Waals surface area (Å²) in [7, 11) is 0. The molecule has 0 aliphatic rings. The number of aromatic amines is 1. The minimum Gasteiger partial charge on any atom is -0.358 e. The summed E-state index contributed by atoms with van der Waals surface area (Å²) >= 11 is 0. The van der Waals surface area contributed by atoms with Gasteiger partial charge in [-0.3, -0.25) is 0 Å². The van der Waals surface area contributed by atoms with Crippen LogP contribution >= 0.6 is 0 Å². The molecule has 138 valence electrons. The minimum absolute atomic E-state index is 0.232. The number of nitrogens with zero attached hydrogens (tertiary/aromatic N) is 3. The maximum absolute atomic E-state index is 11.1. The number of H-pyrrole nitrogens is 1. The van der Waals surface area contributed by atoms with Gasteiger partial charge in [-0.05, 0) is 46.7 Å². The summed E-state index contributed by atoms with van der Waals surface area (Å²) in [6.07, 6.45) is 4.69. The second kappa shape index (κ2) is 9.19. The van der Waals surface area contributed by atoms with Gasteiger partial charge in [0.2, 0.25) is 0 Å². The van der Waals surface area contributed by atoms with Crippen molar-refractivity contribution in [2.45, 2.75) is 20.8 Å². The molecule has 0 bridgehead atoms. The van der Waals surface area contributed by atoms with Crippen LogP contribution in [0.5, 0.6) is 0 Å². The van der Waals surface area contributed by atoms with Crippen molar-refractivity contribution >= 4 is 17.6 Å². The number of hydrogen-bond donors (Lipinski definition) is 2. The zero-order valence-corrected chi connectivity index (χ0v) is 15.4. The van der Waals surface area contributed by atoms with Crippen molar-refractivity contribution in [2.24, 2.45) is 0 Å². The van der Waals surface area contributed by atoms with Crippen LogP contribution in [-0.4, -0.2) is 25.6 Å². The average Bonchev–Trinajstić information content (AvgIpc) is 3.08. The summed E-state index contributed by atoms with van der Waals surface area (Å²) in [5.74, 6) is 0.288. The minimum atomic E-state index is -0.524. The number of allylic oxidation sites excluding steroid dienone is 1. The van der Waals surface area contributed by atoms with Gasteiger partial charge in [0.1, 0.15) is 17.7 Å². The van der Waals surface area contributed by atoms with E-state index in [0.717, 1.165) is 5.56 Å². The molecule has 2 aromatic heterocycles. The molecule has 0 aliphatic carbocycles. The number of nitrogens with one attached hydrogen (secondary N) is 2. The molecule has 0 unspecified atom stereocenters. The summed E-state index contributed by atoms with van der Waals surface area (Å²) in [6.45, 7) is 5.79. The van der Waals surface area contributed by atoms with Crippen LogP contribution in [0.25, 0.3) is 17.3 Å². The van der Waals surface area contributed by atoms with E-state index in [0.29, 0.717) is 28.5 Å². The number of nitro groups is 1. The zero-order chi connectivity index (χ0) is 19.8. The van der Waals surface area contributed by atoms with Gasteiger partial charge in [0.15, 0.2) is 0 Å². The number of imidazole rings is 1. The van der Waals surface area contributed by atoms with Crippen molar-refractivity contribution in [1.29, 1.82) is 5.41 Å². The van der Waals surface area contributed by atoms with Crippen LogP contribution in [0, 0.1) is 22.4 Å². The fraction of sp³-hybridized carbons (Fsp3) is 0.150. The molecule has 3 aromatic rings. The second-order valence-electron chi connectivity index (χ2n) is 5.34. The highest BCUT2D eigenvalue weighted by Crippen LogP contribution is 2.28. The van der Waals surface area contributed by atoms with Crippen LogP contribution in [0.3, 0.4) is 0 Å². The molecule has 7 nitrogen and oxygen atoms in total. The number of rotatable bonds is 5. The predicted octanol–water partition coefficient (Wildman–Crippen LogP) is 4.80. The van der Waals surface area contributed by atoms with Crippen molar-refractivity contribution in [1.82, 2.24) is 15.0 Å². The third-order valence-electron chi connectivity index (χ3n) is 3.61. The first-order valence-corrected chi connectivity index (χ1v) is 8.54. The van der Waals surface area contributed by atoms with Crippen LogP contribution in [0.1, 0.15) is 30.9 Å². The molecule has 0 spiro atoms. The Balaban J connectivity index is 0.00000126. The van der Waals surface area contributed by atoms with Gasteiger partial charge in [-0.15, -0.1) is 0 Å². The Morgan fingerprint density at radius 1 is 1.19 bits per heavy atom. The smallest absolute Gasteiger partial charge is 0.358 e. The van der Waals surface area contributed by atoms with Crippen molar-refractivity contribution in [2.75, 3.05) is 0 Å². The van der Waals surface area contributed by atoms with Crippen LogP contribution in [0.2, 0.25) is 0 Å². The standard InChI is InChI=1S/C18H15N5O2.C2H6/c1-12-17(14-8-5-11-20-18(14)23(24)25)22-16(21-12)10-9-15(19)13-6-3-2-4-7-13;1-2/h2-11,19H,1H3,(H,21,22);1-2H3/b10-9-,19-15?;. The molecule has 0 fully saturated rings.